The molecule has 4 aliphatic rings. The zero-order chi connectivity index (χ0) is 25.0. The molecule has 10 heteroatoms. The Morgan fingerprint density at radius 2 is 1.89 bits per heavy atom. The first-order chi connectivity index (χ1) is 16.8. The fraction of sp³-hybridized carbons (Fsp3) is 0.760. The molecule has 2 aliphatic carbocycles. The van der Waals surface area contributed by atoms with Crippen LogP contribution in [0.2, 0.25) is 0 Å². The molecule has 0 bridgehead atoms. The number of rotatable bonds is 3. The molecule has 0 aromatic heterocycles. The third kappa shape index (κ3) is 5.79. The van der Waals surface area contributed by atoms with E-state index in [4.69, 9.17) is 9.47 Å². The molecule has 10 nitrogen and oxygen atoms in total. The number of nitrogens with zero attached hydrogens (tertiary/aromatic N) is 1. The van der Waals surface area contributed by atoms with Gasteiger partial charge < -0.3 is 30.1 Å². The Kier molecular flexibility index (Phi) is 7.98. The number of alkyl carbamates (subject to hydrolysis) is 1. The van der Waals surface area contributed by atoms with Crippen molar-refractivity contribution in [2.75, 3.05) is 13.7 Å². The largest absolute Gasteiger partial charge is 0.467 e. The van der Waals surface area contributed by atoms with Crippen molar-refractivity contribution in [3.8, 4) is 0 Å². The van der Waals surface area contributed by atoms with Crippen LogP contribution in [-0.2, 0) is 23.9 Å². The summed E-state index contributed by atoms with van der Waals surface area (Å²) in [5, 5.41) is 15.9. The third-order valence-corrected chi connectivity index (χ3v) is 7.67. The average molecular weight is 492 g/mol. The number of nitrogens with one attached hydrogen (secondary N) is 2. The molecule has 3 fully saturated rings. The van der Waals surface area contributed by atoms with Crippen molar-refractivity contribution in [1.29, 1.82) is 0 Å². The first kappa shape index (κ1) is 25.5. The van der Waals surface area contributed by atoms with Crippen LogP contribution in [0, 0.1) is 5.92 Å². The predicted molar refractivity (Wildman–Crippen MR) is 125 cm³/mol. The fourth-order valence-electron chi connectivity index (χ4n) is 5.58. The molecule has 3 N–H and O–H groups in total. The number of esters is 1. The molecule has 3 amide bonds. The molecule has 4 rings (SSSR count). The lowest BCUT2D eigenvalue weighted by molar-refractivity contribution is -0.148. The van der Waals surface area contributed by atoms with Gasteiger partial charge in [-0.15, -0.1) is 0 Å². The number of methoxy groups -OCH3 is 1. The molecule has 0 radical (unpaired) electrons. The molecular formula is C25H37N3O7. The highest BCUT2D eigenvalue weighted by molar-refractivity contribution is 5.96. The Labute approximate surface area is 205 Å². The molecular weight excluding hydrogens is 454 g/mol. The minimum atomic E-state index is -1.15. The normalized spacial score (nSPS) is 35.1. The van der Waals surface area contributed by atoms with Crippen LogP contribution in [0.1, 0.15) is 70.6 Å². The van der Waals surface area contributed by atoms with E-state index in [1.807, 2.05) is 12.2 Å². The molecule has 2 saturated carbocycles. The van der Waals surface area contributed by atoms with Crippen molar-refractivity contribution in [3.05, 3.63) is 12.2 Å². The Bertz CT molecular complexity index is 856. The van der Waals surface area contributed by atoms with Crippen molar-refractivity contribution in [3.63, 3.8) is 0 Å². The van der Waals surface area contributed by atoms with Crippen LogP contribution in [0.4, 0.5) is 4.79 Å². The molecule has 1 unspecified atom stereocenters. The Balaban J connectivity index is 1.52. The van der Waals surface area contributed by atoms with Crippen molar-refractivity contribution in [1.82, 2.24) is 15.5 Å². The van der Waals surface area contributed by atoms with Gasteiger partial charge in [0, 0.05) is 18.9 Å². The van der Waals surface area contributed by atoms with Crippen LogP contribution < -0.4 is 10.6 Å². The Morgan fingerprint density at radius 3 is 2.63 bits per heavy atom. The second-order valence-electron chi connectivity index (χ2n) is 10.2. The van der Waals surface area contributed by atoms with Gasteiger partial charge in [-0.3, -0.25) is 9.59 Å². The fourth-order valence-corrected chi connectivity index (χ4v) is 5.58. The standard InChI is InChI=1S/C25H37N3O7/c1-34-23(32)25-14-16(25)9-5-3-2-4-6-12-19(26-24(33)35-18-10-7-8-11-18)22(31)28-15-17(29)13-20(28)21(30)27-25/h5,9,16-20,29H,2-4,6-8,10-15H2,1H3,(H,26,33)(H,27,30)/b9-5-/t16?,17-,19-,20-,25+/m0/s1. The summed E-state index contributed by atoms with van der Waals surface area (Å²) in [6.45, 7) is -0.0126. The highest BCUT2D eigenvalue weighted by Crippen LogP contribution is 2.46. The van der Waals surface area contributed by atoms with Crippen LogP contribution in [0.3, 0.4) is 0 Å². The van der Waals surface area contributed by atoms with E-state index in [9.17, 15) is 24.3 Å². The van der Waals surface area contributed by atoms with Crippen molar-refractivity contribution >= 4 is 23.9 Å². The SMILES string of the molecule is COC(=O)[C@@]12CC1/C=C\CCCCC[C@H](NC(=O)OC1CCCC1)C(=O)N1C[C@@H](O)C[C@H]1C(=O)N2. The van der Waals surface area contributed by atoms with E-state index < -0.39 is 47.6 Å². The van der Waals surface area contributed by atoms with Crippen LogP contribution in [0.5, 0.6) is 0 Å². The van der Waals surface area contributed by atoms with E-state index in [-0.39, 0.29) is 25.0 Å². The minimum absolute atomic E-state index is 0.0126. The van der Waals surface area contributed by atoms with Gasteiger partial charge in [0.05, 0.1) is 13.2 Å². The summed E-state index contributed by atoms with van der Waals surface area (Å²) in [5.74, 6) is -1.61. The zero-order valence-electron chi connectivity index (χ0n) is 20.4. The number of allylic oxidation sites excluding steroid dienone is 1. The lowest BCUT2D eigenvalue weighted by Crippen LogP contribution is -2.56. The highest BCUT2D eigenvalue weighted by Gasteiger charge is 2.62. The summed E-state index contributed by atoms with van der Waals surface area (Å²) in [6, 6.07) is -1.79. The third-order valence-electron chi connectivity index (χ3n) is 7.67. The van der Waals surface area contributed by atoms with Gasteiger partial charge in [0.15, 0.2) is 0 Å². The molecule has 2 aliphatic heterocycles. The number of amides is 3. The van der Waals surface area contributed by atoms with E-state index in [1.165, 1.54) is 12.0 Å². The van der Waals surface area contributed by atoms with Crippen molar-refractivity contribution < 1.29 is 33.8 Å². The maximum absolute atomic E-state index is 13.6. The van der Waals surface area contributed by atoms with Gasteiger partial charge >= 0.3 is 12.1 Å². The summed E-state index contributed by atoms with van der Waals surface area (Å²) in [7, 11) is 1.29. The van der Waals surface area contributed by atoms with E-state index >= 15 is 0 Å². The number of hydrogen-bond acceptors (Lipinski definition) is 7. The lowest BCUT2D eigenvalue weighted by Gasteiger charge is -2.29. The monoisotopic (exact) mass is 491 g/mol. The molecule has 2 heterocycles. The maximum Gasteiger partial charge on any atom is 0.408 e. The quantitative estimate of drug-likeness (QED) is 0.403. The zero-order valence-corrected chi connectivity index (χ0v) is 20.4. The molecule has 0 spiro atoms. The Hall–Kier alpha value is -2.62. The van der Waals surface area contributed by atoms with Gasteiger partial charge in [-0.2, -0.15) is 0 Å². The van der Waals surface area contributed by atoms with Gasteiger partial charge in [0.1, 0.15) is 23.7 Å². The molecule has 1 saturated heterocycles. The van der Waals surface area contributed by atoms with Gasteiger partial charge in [-0.1, -0.05) is 25.0 Å². The molecule has 0 aromatic rings. The number of hydrogen-bond donors (Lipinski definition) is 3. The molecule has 35 heavy (non-hydrogen) atoms. The van der Waals surface area contributed by atoms with E-state index in [2.05, 4.69) is 10.6 Å². The van der Waals surface area contributed by atoms with Crippen LogP contribution in [0.25, 0.3) is 0 Å². The van der Waals surface area contributed by atoms with E-state index in [0.717, 1.165) is 51.4 Å². The number of fused-ring (bicyclic) bond motifs is 2. The maximum atomic E-state index is 13.6. The lowest BCUT2D eigenvalue weighted by atomic mass is 10.0. The first-order valence-corrected chi connectivity index (χ1v) is 12.9. The Morgan fingerprint density at radius 1 is 1.14 bits per heavy atom. The first-order valence-electron chi connectivity index (χ1n) is 12.9. The molecule has 194 valence electrons. The minimum Gasteiger partial charge on any atom is -0.467 e. The van der Waals surface area contributed by atoms with E-state index in [0.29, 0.717) is 12.8 Å². The van der Waals surface area contributed by atoms with E-state index in [1.54, 1.807) is 0 Å². The van der Waals surface area contributed by atoms with Crippen molar-refractivity contribution in [2.45, 2.75) is 100 Å². The van der Waals surface area contributed by atoms with Crippen LogP contribution in [-0.4, -0.2) is 77.4 Å². The summed E-state index contributed by atoms with van der Waals surface area (Å²) >= 11 is 0. The van der Waals surface area contributed by atoms with Crippen LogP contribution >= 0.6 is 0 Å². The number of aliphatic hydroxyl groups excluding tert-OH is 1. The smallest absolute Gasteiger partial charge is 0.408 e. The molecule has 5 atom stereocenters. The second-order valence-corrected chi connectivity index (χ2v) is 10.2. The van der Waals surface area contributed by atoms with Gasteiger partial charge in [0.2, 0.25) is 11.8 Å². The van der Waals surface area contributed by atoms with Crippen LogP contribution in [0.15, 0.2) is 12.2 Å². The number of aliphatic hydroxyl groups is 1. The van der Waals surface area contributed by atoms with Crippen molar-refractivity contribution in [2.24, 2.45) is 5.92 Å². The average Bonchev–Trinajstić information content (AvgIpc) is 3.14. The summed E-state index contributed by atoms with van der Waals surface area (Å²) in [4.78, 5) is 53.3. The summed E-state index contributed by atoms with van der Waals surface area (Å²) in [6.07, 6.45) is 10.2. The number of ether oxygens (including phenoxy) is 2. The summed E-state index contributed by atoms with van der Waals surface area (Å²) < 4.78 is 10.5. The van der Waals surface area contributed by atoms with Gasteiger partial charge in [-0.25, -0.2) is 9.59 Å². The highest BCUT2D eigenvalue weighted by atomic mass is 16.6. The predicted octanol–water partition coefficient (Wildman–Crippen LogP) is 1.55. The number of carbonyl (C=O) groups is 4. The summed E-state index contributed by atoms with van der Waals surface area (Å²) in [5.41, 5.74) is -1.15. The van der Waals surface area contributed by atoms with Gasteiger partial charge in [-0.05, 0) is 51.4 Å². The number of carbonyl (C=O) groups excluding carboxylic acids is 4. The second kappa shape index (κ2) is 11.0. The van der Waals surface area contributed by atoms with Gasteiger partial charge in [0.25, 0.3) is 0 Å². The molecule has 0 aromatic carbocycles. The topological polar surface area (TPSA) is 134 Å².